The highest BCUT2D eigenvalue weighted by Crippen LogP contribution is 2.31. The van der Waals surface area contributed by atoms with Crippen LogP contribution in [0.2, 0.25) is 0 Å². The Bertz CT molecular complexity index is 442. The van der Waals surface area contributed by atoms with Gasteiger partial charge in [-0.2, -0.15) is 0 Å². The van der Waals surface area contributed by atoms with Crippen LogP contribution in [-0.4, -0.2) is 59.4 Å². The summed E-state index contributed by atoms with van der Waals surface area (Å²) >= 11 is 0. The molecule has 0 spiro atoms. The highest BCUT2D eigenvalue weighted by molar-refractivity contribution is 5.94. The van der Waals surface area contributed by atoms with Crippen molar-refractivity contribution < 1.29 is 9.59 Å². The van der Waals surface area contributed by atoms with Crippen LogP contribution in [0.4, 0.5) is 0 Å². The maximum Gasteiger partial charge on any atom is 0.245 e. The van der Waals surface area contributed by atoms with Gasteiger partial charge < -0.3 is 15.1 Å². The summed E-state index contributed by atoms with van der Waals surface area (Å²) < 4.78 is 0. The first-order valence-electron chi connectivity index (χ1n) is 9.43. The second-order valence-corrected chi connectivity index (χ2v) is 7.68. The number of rotatable bonds is 6. The molecular weight excluding hydrogens is 290 g/mol. The molecule has 5 nitrogen and oxygen atoms in total. The summed E-state index contributed by atoms with van der Waals surface area (Å²) in [5, 5.41) is 3.20. The van der Waals surface area contributed by atoms with Gasteiger partial charge in [0.05, 0.1) is 0 Å². The summed E-state index contributed by atoms with van der Waals surface area (Å²) in [7, 11) is 0. The lowest BCUT2D eigenvalue weighted by atomic mass is 9.96. The molecule has 1 aliphatic carbocycles. The fourth-order valence-electron chi connectivity index (χ4n) is 4.37. The second-order valence-electron chi connectivity index (χ2n) is 7.68. The number of nitrogens with one attached hydrogen (secondary N) is 1. The van der Waals surface area contributed by atoms with Crippen LogP contribution >= 0.6 is 0 Å². The van der Waals surface area contributed by atoms with Crippen molar-refractivity contribution in [1.82, 2.24) is 15.1 Å². The zero-order valence-electron chi connectivity index (χ0n) is 14.5. The highest BCUT2D eigenvalue weighted by atomic mass is 16.2. The lowest BCUT2D eigenvalue weighted by Crippen LogP contribution is -2.56. The van der Waals surface area contributed by atoms with Crippen molar-refractivity contribution in [3.8, 4) is 0 Å². The van der Waals surface area contributed by atoms with Gasteiger partial charge in [0.2, 0.25) is 11.8 Å². The monoisotopic (exact) mass is 321 g/mol. The molecule has 3 fully saturated rings. The van der Waals surface area contributed by atoms with Crippen molar-refractivity contribution in [2.75, 3.05) is 26.2 Å². The van der Waals surface area contributed by atoms with Gasteiger partial charge in [-0.15, -0.1) is 0 Å². The van der Waals surface area contributed by atoms with Crippen molar-refractivity contribution in [1.29, 1.82) is 0 Å². The Hall–Kier alpha value is -1.10. The molecule has 0 bridgehead atoms. The second kappa shape index (κ2) is 7.20. The van der Waals surface area contributed by atoms with Crippen LogP contribution in [0.15, 0.2) is 0 Å². The summed E-state index contributed by atoms with van der Waals surface area (Å²) in [5.74, 6) is 0.215. The minimum Gasteiger partial charge on any atom is -0.351 e. The Morgan fingerprint density at radius 2 is 1.87 bits per heavy atom. The van der Waals surface area contributed by atoms with Gasteiger partial charge in [0.25, 0.3) is 0 Å². The number of likely N-dealkylation sites (tertiary alicyclic amines) is 2. The number of carbonyl (C=O) groups is 2. The molecule has 0 aromatic heterocycles. The molecule has 0 unspecified atom stereocenters. The van der Waals surface area contributed by atoms with Crippen molar-refractivity contribution in [3.63, 3.8) is 0 Å². The van der Waals surface area contributed by atoms with Gasteiger partial charge in [0.15, 0.2) is 0 Å². The molecule has 1 saturated carbocycles. The first-order valence-corrected chi connectivity index (χ1v) is 9.43. The van der Waals surface area contributed by atoms with Crippen LogP contribution < -0.4 is 5.32 Å². The first kappa shape index (κ1) is 16.7. The van der Waals surface area contributed by atoms with E-state index in [1.165, 1.54) is 38.8 Å². The average Bonchev–Trinajstić information content (AvgIpc) is 3.26. The van der Waals surface area contributed by atoms with Crippen LogP contribution in [0.1, 0.15) is 64.7 Å². The predicted molar refractivity (Wildman–Crippen MR) is 90.0 cm³/mol. The van der Waals surface area contributed by atoms with Gasteiger partial charge in [-0.25, -0.2) is 0 Å². The molecule has 5 heteroatoms. The van der Waals surface area contributed by atoms with Crippen LogP contribution in [0.25, 0.3) is 0 Å². The van der Waals surface area contributed by atoms with Gasteiger partial charge in [0, 0.05) is 19.0 Å². The maximum absolute atomic E-state index is 12.8. The molecule has 1 N–H and O–H groups in total. The van der Waals surface area contributed by atoms with Crippen LogP contribution in [0.5, 0.6) is 0 Å². The van der Waals surface area contributed by atoms with E-state index >= 15 is 0 Å². The van der Waals surface area contributed by atoms with Crippen molar-refractivity contribution in [3.05, 3.63) is 0 Å². The number of hydrogen-bond acceptors (Lipinski definition) is 3. The number of nitrogens with zero attached hydrogens (tertiary/aromatic N) is 2. The summed E-state index contributed by atoms with van der Waals surface area (Å²) in [6.45, 7) is 6.09. The van der Waals surface area contributed by atoms with Crippen LogP contribution in [-0.2, 0) is 9.59 Å². The van der Waals surface area contributed by atoms with E-state index in [1.54, 1.807) is 0 Å². The van der Waals surface area contributed by atoms with E-state index in [-0.39, 0.29) is 11.8 Å². The Labute approximate surface area is 139 Å². The first-order chi connectivity index (χ1) is 11.1. The Balaban J connectivity index is 1.54. The summed E-state index contributed by atoms with van der Waals surface area (Å²) in [5.41, 5.74) is -0.634. The number of amides is 2. The minimum absolute atomic E-state index is 0.0661. The SMILES string of the molecule is C[C@@]1(C(=O)NC2CCCC2)CCC(=O)N1CCCN1CCCC1. The standard InChI is InChI=1S/C18H31N3O2/c1-18(17(23)19-15-7-2-3-8-15)10-9-16(22)21(18)14-6-13-20-11-4-5-12-20/h15H,2-14H2,1H3,(H,19,23)/t18-/m0/s1. The fraction of sp³-hybridized carbons (Fsp3) is 0.889. The van der Waals surface area contributed by atoms with Gasteiger partial charge >= 0.3 is 0 Å². The summed E-state index contributed by atoms with van der Waals surface area (Å²) in [4.78, 5) is 29.4. The topological polar surface area (TPSA) is 52.7 Å². The van der Waals surface area contributed by atoms with E-state index in [1.807, 2.05) is 11.8 Å². The summed E-state index contributed by atoms with van der Waals surface area (Å²) in [6.07, 6.45) is 9.33. The van der Waals surface area contributed by atoms with E-state index < -0.39 is 5.54 Å². The van der Waals surface area contributed by atoms with Crippen LogP contribution in [0.3, 0.4) is 0 Å². The van der Waals surface area contributed by atoms with Crippen LogP contribution in [0, 0.1) is 0 Å². The Kier molecular flexibility index (Phi) is 5.24. The molecule has 2 amide bonds. The molecule has 0 aromatic carbocycles. The molecule has 2 aliphatic heterocycles. The maximum atomic E-state index is 12.8. The van der Waals surface area contributed by atoms with E-state index in [0.29, 0.717) is 25.4 Å². The minimum atomic E-state index is -0.634. The molecule has 3 rings (SSSR count). The fourth-order valence-corrected chi connectivity index (χ4v) is 4.37. The molecule has 0 aromatic rings. The zero-order chi connectivity index (χ0) is 16.3. The lowest BCUT2D eigenvalue weighted by molar-refractivity contribution is -0.141. The average molecular weight is 321 g/mol. The highest BCUT2D eigenvalue weighted by Gasteiger charge is 2.47. The molecule has 3 aliphatic rings. The zero-order valence-corrected chi connectivity index (χ0v) is 14.5. The number of carbonyl (C=O) groups excluding carboxylic acids is 2. The van der Waals surface area contributed by atoms with Crippen molar-refractivity contribution in [2.45, 2.75) is 76.3 Å². The molecule has 1 atom stereocenters. The third-order valence-electron chi connectivity index (χ3n) is 5.96. The lowest BCUT2D eigenvalue weighted by Gasteiger charge is -2.35. The number of hydrogen-bond donors (Lipinski definition) is 1. The van der Waals surface area contributed by atoms with Crippen molar-refractivity contribution >= 4 is 11.8 Å². The quantitative estimate of drug-likeness (QED) is 0.813. The molecule has 23 heavy (non-hydrogen) atoms. The molecule has 2 saturated heterocycles. The largest absolute Gasteiger partial charge is 0.351 e. The molecule has 2 heterocycles. The molecule has 130 valence electrons. The predicted octanol–water partition coefficient (Wildman–Crippen LogP) is 1.91. The van der Waals surface area contributed by atoms with E-state index in [2.05, 4.69) is 10.2 Å². The summed E-state index contributed by atoms with van der Waals surface area (Å²) in [6, 6.07) is 0.321. The molecule has 0 radical (unpaired) electrons. The van der Waals surface area contributed by atoms with E-state index in [9.17, 15) is 9.59 Å². The Morgan fingerprint density at radius 1 is 1.17 bits per heavy atom. The van der Waals surface area contributed by atoms with E-state index in [0.717, 1.165) is 25.8 Å². The van der Waals surface area contributed by atoms with Gasteiger partial charge in [-0.1, -0.05) is 12.8 Å². The third-order valence-corrected chi connectivity index (χ3v) is 5.96. The third kappa shape index (κ3) is 3.70. The van der Waals surface area contributed by atoms with Crippen molar-refractivity contribution in [2.24, 2.45) is 0 Å². The van der Waals surface area contributed by atoms with Gasteiger partial charge in [-0.05, 0) is 65.1 Å². The molecular formula is C18H31N3O2. The Morgan fingerprint density at radius 3 is 2.57 bits per heavy atom. The van der Waals surface area contributed by atoms with Gasteiger partial charge in [0.1, 0.15) is 5.54 Å². The van der Waals surface area contributed by atoms with E-state index in [4.69, 9.17) is 0 Å². The van der Waals surface area contributed by atoms with Gasteiger partial charge in [-0.3, -0.25) is 9.59 Å². The smallest absolute Gasteiger partial charge is 0.245 e. The normalized spacial score (nSPS) is 29.6.